The lowest BCUT2D eigenvalue weighted by Crippen LogP contribution is -2.43. The fourth-order valence-corrected chi connectivity index (χ4v) is 5.89. The van der Waals surface area contributed by atoms with Crippen molar-refractivity contribution in [3.8, 4) is 11.4 Å². The number of hydrogen-bond donors (Lipinski definition) is 2. The molecule has 174 valence electrons. The van der Waals surface area contributed by atoms with Crippen LogP contribution in [0.2, 0.25) is 0 Å². The number of fused-ring (bicyclic) bond motifs is 1. The molecule has 5 rings (SSSR count). The minimum atomic E-state index is -3.94. The molecule has 2 N–H and O–H groups in total. The maximum atomic E-state index is 13.9. The van der Waals surface area contributed by atoms with Crippen molar-refractivity contribution in [3.05, 3.63) is 78.1 Å². The molecule has 7 nitrogen and oxygen atoms in total. The molecule has 1 fully saturated rings. The van der Waals surface area contributed by atoms with E-state index in [1.54, 1.807) is 31.2 Å². The minimum absolute atomic E-state index is 0.0874. The molecule has 1 aliphatic heterocycles. The molecule has 1 aromatic heterocycles. The van der Waals surface area contributed by atoms with Crippen molar-refractivity contribution in [2.45, 2.75) is 30.7 Å². The highest BCUT2D eigenvalue weighted by Crippen LogP contribution is 2.29. The predicted molar refractivity (Wildman–Crippen MR) is 128 cm³/mol. The first kappa shape index (κ1) is 22.2. The van der Waals surface area contributed by atoms with Crippen LogP contribution in [0, 0.1) is 12.7 Å². The van der Waals surface area contributed by atoms with E-state index in [-0.39, 0.29) is 11.4 Å². The summed E-state index contributed by atoms with van der Waals surface area (Å²) in [6, 6.07) is 17.8. The number of aromatic amines is 1. The second-order valence-electron chi connectivity index (χ2n) is 8.36. The molecule has 34 heavy (non-hydrogen) atoms. The Morgan fingerprint density at radius 2 is 1.91 bits per heavy atom. The number of nitrogens with one attached hydrogen (secondary N) is 2. The lowest BCUT2D eigenvalue weighted by Gasteiger charge is -2.23. The molecule has 1 saturated heterocycles. The summed E-state index contributed by atoms with van der Waals surface area (Å²) in [5.41, 5.74) is 2.90. The van der Waals surface area contributed by atoms with E-state index in [1.165, 1.54) is 16.4 Å². The maximum absolute atomic E-state index is 13.9. The van der Waals surface area contributed by atoms with Gasteiger partial charge >= 0.3 is 0 Å². The number of imidazole rings is 1. The van der Waals surface area contributed by atoms with E-state index in [0.717, 1.165) is 5.56 Å². The zero-order valence-corrected chi connectivity index (χ0v) is 19.3. The molecule has 0 radical (unpaired) electrons. The number of benzene rings is 3. The van der Waals surface area contributed by atoms with Crippen molar-refractivity contribution in [1.29, 1.82) is 0 Å². The first-order chi connectivity index (χ1) is 16.3. The summed E-state index contributed by atoms with van der Waals surface area (Å²) >= 11 is 0. The molecule has 0 aliphatic carbocycles. The third-order valence-electron chi connectivity index (χ3n) is 6.05. The summed E-state index contributed by atoms with van der Waals surface area (Å²) < 4.78 is 42.0. The highest BCUT2D eigenvalue weighted by atomic mass is 32.2. The van der Waals surface area contributed by atoms with Gasteiger partial charge < -0.3 is 10.3 Å². The van der Waals surface area contributed by atoms with Gasteiger partial charge in [-0.1, -0.05) is 36.4 Å². The fourth-order valence-electron chi connectivity index (χ4n) is 4.20. The first-order valence-electron chi connectivity index (χ1n) is 11.0. The Kier molecular flexibility index (Phi) is 5.66. The number of nitrogens with zero attached hydrogens (tertiary/aromatic N) is 2. The quantitative estimate of drug-likeness (QED) is 0.443. The van der Waals surface area contributed by atoms with Gasteiger partial charge in [-0.05, 0) is 55.7 Å². The molecule has 0 saturated carbocycles. The van der Waals surface area contributed by atoms with Gasteiger partial charge in [-0.2, -0.15) is 4.31 Å². The molecule has 2 heterocycles. The Morgan fingerprint density at radius 1 is 1.12 bits per heavy atom. The Balaban J connectivity index is 1.41. The van der Waals surface area contributed by atoms with Gasteiger partial charge in [0.15, 0.2) is 0 Å². The average molecular weight is 479 g/mol. The van der Waals surface area contributed by atoms with Crippen molar-refractivity contribution in [2.24, 2.45) is 0 Å². The Labute approximate surface area is 196 Å². The lowest BCUT2D eigenvalue weighted by molar-refractivity contribution is -0.119. The van der Waals surface area contributed by atoms with E-state index < -0.39 is 27.8 Å². The van der Waals surface area contributed by atoms with Crippen LogP contribution in [0.25, 0.3) is 22.4 Å². The third kappa shape index (κ3) is 4.08. The fraction of sp³-hybridized carbons (Fsp3) is 0.200. The van der Waals surface area contributed by atoms with Crippen molar-refractivity contribution >= 4 is 32.7 Å². The van der Waals surface area contributed by atoms with Gasteiger partial charge in [0.1, 0.15) is 17.7 Å². The second-order valence-corrected chi connectivity index (χ2v) is 10.2. The minimum Gasteiger partial charge on any atom is -0.338 e. The summed E-state index contributed by atoms with van der Waals surface area (Å²) in [5, 5.41) is 2.66. The van der Waals surface area contributed by atoms with Crippen molar-refractivity contribution in [2.75, 3.05) is 11.9 Å². The number of aromatic nitrogens is 2. The van der Waals surface area contributed by atoms with Crippen LogP contribution < -0.4 is 5.32 Å². The smallest absolute Gasteiger partial charge is 0.243 e. The Bertz CT molecular complexity index is 1480. The summed E-state index contributed by atoms with van der Waals surface area (Å²) in [4.78, 5) is 20.7. The van der Waals surface area contributed by atoms with Gasteiger partial charge in [-0.3, -0.25) is 4.79 Å². The molecule has 0 spiro atoms. The van der Waals surface area contributed by atoms with E-state index in [9.17, 15) is 17.6 Å². The number of rotatable bonds is 5. The summed E-state index contributed by atoms with van der Waals surface area (Å²) in [6.45, 7) is 1.87. The monoisotopic (exact) mass is 478 g/mol. The molecule has 1 unspecified atom stereocenters. The van der Waals surface area contributed by atoms with Crippen LogP contribution >= 0.6 is 0 Å². The number of aryl methyl sites for hydroxylation is 1. The second kappa shape index (κ2) is 8.66. The zero-order chi connectivity index (χ0) is 23.9. The number of amides is 1. The predicted octanol–water partition coefficient (Wildman–Crippen LogP) is 4.47. The van der Waals surface area contributed by atoms with Gasteiger partial charge in [0.2, 0.25) is 15.9 Å². The van der Waals surface area contributed by atoms with Crippen LogP contribution in [-0.4, -0.2) is 41.2 Å². The zero-order valence-electron chi connectivity index (χ0n) is 18.5. The van der Waals surface area contributed by atoms with Gasteiger partial charge in [0.05, 0.1) is 15.9 Å². The molecule has 1 amide bonds. The molecule has 1 aliphatic rings. The standard InChI is InChI=1S/C25H23FN4O3S/c1-16-9-10-18(14-20(16)26)27-25(31)23-8-5-13-30(23)34(32,33)19-11-12-21-22(15-19)29-24(28-21)17-6-3-2-4-7-17/h2-4,6-7,9-12,14-15,23H,5,8,13H2,1H3,(H,27,31)(H,28,29). The summed E-state index contributed by atoms with van der Waals surface area (Å²) in [5.74, 6) is -0.261. The van der Waals surface area contributed by atoms with Crippen LogP contribution in [-0.2, 0) is 14.8 Å². The van der Waals surface area contributed by atoms with E-state index in [1.807, 2.05) is 30.3 Å². The molecular weight excluding hydrogens is 455 g/mol. The number of halogens is 1. The van der Waals surface area contributed by atoms with Crippen LogP contribution in [0.4, 0.5) is 10.1 Å². The molecule has 4 aromatic rings. The number of hydrogen-bond acceptors (Lipinski definition) is 4. The number of H-pyrrole nitrogens is 1. The van der Waals surface area contributed by atoms with Crippen molar-refractivity contribution in [1.82, 2.24) is 14.3 Å². The lowest BCUT2D eigenvalue weighted by atomic mass is 10.2. The van der Waals surface area contributed by atoms with E-state index in [4.69, 9.17) is 0 Å². The largest absolute Gasteiger partial charge is 0.338 e. The third-order valence-corrected chi connectivity index (χ3v) is 7.96. The van der Waals surface area contributed by atoms with Crippen LogP contribution in [0.15, 0.2) is 71.6 Å². The Hall–Kier alpha value is -3.56. The Morgan fingerprint density at radius 3 is 2.68 bits per heavy atom. The maximum Gasteiger partial charge on any atom is 0.243 e. The molecule has 1 atom stereocenters. The van der Waals surface area contributed by atoms with Gasteiger partial charge in [-0.25, -0.2) is 17.8 Å². The van der Waals surface area contributed by atoms with Crippen LogP contribution in [0.1, 0.15) is 18.4 Å². The number of carbonyl (C=O) groups excluding carboxylic acids is 1. The molecule has 9 heteroatoms. The topological polar surface area (TPSA) is 95.2 Å². The van der Waals surface area contributed by atoms with Gasteiger partial charge in [0.25, 0.3) is 0 Å². The van der Waals surface area contributed by atoms with Gasteiger partial charge in [-0.15, -0.1) is 0 Å². The highest BCUT2D eigenvalue weighted by Gasteiger charge is 2.39. The van der Waals surface area contributed by atoms with E-state index in [2.05, 4.69) is 15.3 Å². The van der Waals surface area contributed by atoms with Crippen molar-refractivity contribution < 1.29 is 17.6 Å². The van der Waals surface area contributed by atoms with Gasteiger partial charge in [0, 0.05) is 17.8 Å². The highest BCUT2D eigenvalue weighted by molar-refractivity contribution is 7.89. The number of carbonyl (C=O) groups is 1. The van der Waals surface area contributed by atoms with E-state index >= 15 is 0 Å². The normalized spacial score (nSPS) is 16.7. The summed E-state index contributed by atoms with van der Waals surface area (Å²) in [7, 11) is -3.94. The molecular formula is C25H23FN4O3S. The first-order valence-corrected chi connectivity index (χ1v) is 12.4. The van der Waals surface area contributed by atoms with Crippen molar-refractivity contribution in [3.63, 3.8) is 0 Å². The van der Waals surface area contributed by atoms with Crippen LogP contribution in [0.3, 0.4) is 0 Å². The average Bonchev–Trinajstić information content (AvgIpc) is 3.49. The number of sulfonamides is 1. The molecule has 3 aromatic carbocycles. The van der Waals surface area contributed by atoms with Crippen LogP contribution in [0.5, 0.6) is 0 Å². The number of anilines is 1. The SMILES string of the molecule is Cc1ccc(NC(=O)C2CCCN2S(=O)(=O)c2ccc3nc(-c4ccccc4)[nH]c3c2)cc1F. The molecule has 0 bridgehead atoms. The summed E-state index contributed by atoms with van der Waals surface area (Å²) in [6.07, 6.45) is 0.952. The van der Waals surface area contributed by atoms with E-state index in [0.29, 0.717) is 41.0 Å².